The predicted octanol–water partition coefficient (Wildman–Crippen LogP) is 1.73. The first-order valence-corrected chi connectivity index (χ1v) is 7.81. The molecule has 7 heteroatoms. The summed E-state index contributed by atoms with van der Waals surface area (Å²) in [5, 5.41) is 3.25. The van der Waals surface area contributed by atoms with Gasteiger partial charge in [0.1, 0.15) is 5.52 Å². The molecule has 0 aliphatic carbocycles. The molecule has 0 atom stereocenters. The number of nitrogens with one attached hydrogen (secondary N) is 2. The first-order chi connectivity index (χ1) is 9.38. The smallest absolute Gasteiger partial charge is 0.226 e. The predicted molar refractivity (Wildman–Crippen MR) is 80.0 cm³/mol. The number of nitrogens with zero attached hydrogens (tertiary/aromatic N) is 4. The summed E-state index contributed by atoms with van der Waals surface area (Å²) in [6, 6.07) is 0. The molecular formula is C12H18N6S. The van der Waals surface area contributed by atoms with Crippen molar-refractivity contribution in [1.82, 2.24) is 19.9 Å². The summed E-state index contributed by atoms with van der Waals surface area (Å²) >= 11 is 1.99. The molecule has 0 unspecified atom stereocenters. The lowest BCUT2D eigenvalue weighted by Crippen LogP contribution is -2.33. The van der Waals surface area contributed by atoms with Crippen LogP contribution in [0.2, 0.25) is 0 Å². The van der Waals surface area contributed by atoms with Crippen molar-refractivity contribution < 1.29 is 0 Å². The van der Waals surface area contributed by atoms with Gasteiger partial charge in [0.15, 0.2) is 11.5 Å². The Morgan fingerprint density at radius 2 is 2.21 bits per heavy atom. The molecule has 0 aromatic carbocycles. The van der Waals surface area contributed by atoms with Gasteiger partial charge in [-0.05, 0) is 6.42 Å². The summed E-state index contributed by atoms with van der Waals surface area (Å²) in [5.41, 5.74) is 1.68. The molecule has 1 aliphatic heterocycles. The zero-order chi connectivity index (χ0) is 13.1. The number of aromatic amines is 1. The van der Waals surface area contributed by atoms with E-state index in [-0.39, 0.29) is 0 Å². The molecule has 1 saturated heterocycles. The number of fused-ring (bicyclic) bond motifs is 1. The molecule has 0 saturated carbocycles. The lowest BCUT2D eigenvalue weighted by molar-refractivity contribution is 0.839. The fourth-order valence-corrected chi connectivity index (χ4v) is 3.04. The van der Waals surface area contributed by atoms with E-state index < -0.39 is 0 Å². The Morgan fingerprint density at radius 1 is 1.37 bits per heavy atom. The van der Waals surface area contributed by atoms with Crippen LogP contribution in [0.4, 0.5) is 11.8 Å². The fraction of sp³-hybridized carbons (Fsp3) is 0.583. The Bertz CT molecular complexity index is 548. The topological polar surface area (TPSA) is 69.7 Å². The summed E-state index contributed by atoms with van der Waals surface area (Å²) in [4.78, 5) is 18.8. The normalized spacial score (nSPS) is 15.9. The number of rotatable bonds is 4. The number of imidazole rings is 1. The van der Waals surface area contributed by atoms with Gasteiger partial charge in [0.25, 0.3) is 0 Å². The van der Waals surface area contributed by atoms with Gasteiger partial charge in [0.2, 0.25) is 5.95 Å². The molecule has 19 heavy (non-hydrogen) atoms. The van der Waals surface area contributed by atoms with Crippen molar-refractivity contribution in [3.05, 3.63) is 6.33 Å². The van der Waals surface area contributed by atoms with Crippen LogP contribution in [0.15, 0.2) is 6.33 Å². The van der Waals surface area contributed by atoms with Crippen molar-refractivity contribution in [2.75, 3.05) is 41.4 Å². The number of hydrogen-bond acceptors (Lipinski definition) is 6. The zero-order valence-corrected chi connectivity index (χ0v) is 11.8. The van der Waals surface area contributed by atoms with E-state index in [9.17, 15) is 0 Å². The second-order valence-corrected chi connectivity index (χ2v) is 5.72. The largest absolute Gasteiger partial charge is 0.354 e. The molecule has 6 nitrogen and oxygen atoms in total. The molecule has 0 amide bonds. The van der Waals surface area contributed by atoms with Gasteiger partial charge in [-0.25, -0.2) is 4.98 Å². The van der Waals surface area contributed by atoms with Gasteiger partial charge in [-0.1, -0.05) is 6.92 Å². The van der Waals surface area contributed by atoms with Crippen molar-refractivity contribution in [1.29, 1.82) is 0 Å². The van der Waals surface area contributed by atoms with Gasteiger partial charge in [0.05, 0.1) is 6.33 Å². The first-order valence-electron chi connectivity index (χ1n) is 6.66. The quantitative estimate of drug-likeness (QED) is 0.887. The highest BCUT2D eigenvalue weighted by atomic mass is 32.2. The molecule has 0 spiro atoms. The summed E-state index contributed by atoms with van der Waals surface area (Å²) < 4.78 is 0. The minimum absolute atomic E-state index is 0.676. The van der Waals surface area contributed by atoms with Crippen LogP contribution in [0.1, 0.15) is 13.3 Å². The molecule has 1 aliphatic rings. The Labute approximate surface area is 116 Å². The summed E-state index contributed by atoms with van der Waals surface area (Å²) in [6.45, 7) is 5.07. The lowest BCUT2D eigenvalue weighted by Gasteiger charge is -2.27. The van der Waals surface area contributed by atoms with Crippen LogP contribution in [0.5, 0.6) is 0 Å². The van der Waals surface area contributed by atoms with Crippen molar-refractivity contribution in [3.8, 4) is 0 Å². The minimum atomic E-state index is 0.676. The zero-order valence-electron chi connectivity index (χ0n) is 11.0. The summed E-state index contributed by atoms with van der Waals surface area (Å²) in [5.74, 6) is 3.95. The lowest BCUT2D eigenvalue weighted by atomic mass is 10.4. The van der Waals surface area contributed by atoms with Crippen molar-refractivity contribution in [3.63, 3.8) is 0 Å². The molecule has 2 aromatic rings. The maximum atomic E-state index is 4.66. The van der Waals surface area contributed by atoms with Crippen molar-refractivity contribution >= 4 is 34.7 Å². The molecule has 0 radical (unpaired) electrons. The average molecular weight is 278 g/mol. The van der Waals surface area contributed by atoms with E-state index in [2.05, 4.69) is 37.1 Å². The molecule has 1 fully saturated rings. The van der Waals surface area contributed by atoms with Crippen LogP contribution in [0.3, 0.4) is 0 Å². The number of hydrogen-bond donors (Lipinski definition) is 2. The number of aromatic nitrogens is 4. The second-order valence-electron chi connectivity index (χ2n) is 4.50. The van der Waals surface area contributed by atoms with Crippen molar-refractivity contribution in [2.45, 2.75) is 13.3 Å². The minimum Gasteiger partial charge on any atom is -0.354 e. The molecule has 2 N–H and O–H groups in total. The molecule has 2 aromatic heterocycles. The van der Waals surface area contributed by atoms with Crippen molar-refractivity contribution in [2.24, 2.45) is 0 Å². The van der Waals surface area contributed by atoms with Gasteiger partial charge >= 0.3 is 0 Å². The summed E-state index contributed by atoms with van der Waals surface area (Å²) in [6.07, 6.45) is 2.74. The molecular weight excluding hydrogens is 260 g/mol. The maximum Gasteiger partial charge on any atom is 0.226 e. The number of anilines is 2. The fourth-order valence-electron chi connectivity index (χ4n) is 2.14. The van der Waals surface area contributed by atoms with Gasteiger partial charge in [-0.2, -0.15) is 21.7 Å². The SMILES string of the molecule is CCCNc1nc(N2CCSCC2)c2[nH]cnc2n1. The first kappa shape index (κ1) is 12.5. The van der Waals surface area contributed by atoms with Crippen LogP contribution in [-0.2, 0) is 0 Å². The third kappa shape index (κ3) is 2.60. The third-order valence-corrected chi connectivity index (χ3v) is 4.05. The van der Waals surface area contributed by atoms with Gasteiger partial charge in [0, 0.05) is 31.1 Å². The van der Waals surface area contributed by atoms with E-state index in [1.165, 1.54) is 0 Å². The van der Waals surface area contributed by atoms with Crippen LogP contribution in [-0.4, -0.2) is 51.1 Å². The third-order valence-electron chi connectivity index (χ3n) is 3.11. The molecule has 0 bridgehead atoms. The van der Waals surface area contributed by atoms with Crippen LogP contribution < -0.4 is 10.2 Å². The maximum absolute atomic E-state index is 4.66. The highest BCUT2D eigenvalue weighted by Crippen LogP contribution is 2.25. The van der Waals surface area contributed by atoms with Gasteiger partial charge in [-0.15, -0.1) is 0 Å². The Hall–Kier alpha value is -1.50. The molecule has 3 heterocycles. The standard InChI is InChI=1S/C12H18N6S/c1-2-3-13-12-16-10-9(14-8-15-10)11(17-12)18-4-6-19-7-5-18/h8H,2-7H2,1H3,(H2,13,14,15,16,17). The molecule has 102 valence electrons. The summed E-state index contributed by atoms with van der Waals surface area (Å²) in [7, 11) is 0. The van der Waals surface area contributed by atoms with E-state index in [0.717, 1.165) is 54.5 Å². The second kappa shape index (κ2) is 5.64. The van der Waals surface area contributed by atoms with E-state index in [4.69, 9.17) is 0 Å². The number of thioether (sulfide) groups is 1. The van der Waals surface area contributed by atoms with E-state index in [1.807, 2.05) is 11.8 Å². The van der Waals surface area contributed by atoms with Crippen LogP contribution >= 0.6 is 11.8 Å². The van der Waals surface area contributed by atoms with E-state index in [1.54, 1.807) is 6.33 Å². The van der Waals surface area contributed by atoms with Gasteiger partial charge in [-0.3, -0.25) is 0 Å². The number of H-pyrrole nitrogens is 1. The molecule has 3 rings (SSSR count). The van der Waals surface area contributed by atoms with E-state index in [0.29, 0.717) is 5.95 Å². The highest BCUT2D eigenvalue weighted by molar-refractivity contribution is 7.99. The monoisotopic (exact) mass is 278 g/mol. The highest BCUT2D eigenvalue weighted by Gasteiger charge is 2.18. The van der Waals surface area contributed by atoms with E-state index >= 15 is 0 Å². The Balaban J connectivity index is 1.97. The van der Waals surface area contributed by atoms with Gasteiger partial charge < -0.3 is 15.2 Å². The van der Waals surface area contributed by atoms with Crippen LogP contribution in [0.25, 0.3) is 11.2 Å². The van der Waals surface area contributed by atoms with Crippen LogP contribution in [0, 0.1) is 0 Å². The Morgan fingerprint density at radius 3 is 3.00 bits per heavy atom. The average Bonchev–Trinajstić information content (AvgIpc) is 2.93. The Kier molecular flexibility index (Phi) is 3.72.